The number of rotatable bonds is 7. The summed E-state index contributed by atoms with van der Waals surface area (Å²) < 4.78 is 0. The van der Waals surface area contributed by atoms with Gasteiger partial charge in [0.1, 0.15) is 0 Å². The first-order valence-electron chi connectivity index (χ1n) is 30.8. The third-order valence-corrected chi connectivity index (χ3v) is 19.6. The van der Waals surface area contributed by atoms with Crippen molar-refractivity contribution < 1.29 is 0 Å². The Morgan fingerprint density at radius 2 is 1.12 bits per heavy atom. The lowest BCUT2D eigenvalue weighted by atomic mass is 9.88. The molecule has 16 nitrogen and oxygen atoms in total. The highest BCUT2D eigenvalue weighted by molar-refractivity contribution is 5.44. The first-order chi connectivity index (χ1) is 39.7. The molecule has 8 heterocycles. The van der Waals surface area contributed by atoms with E-state index < -0.39 is 0 Å². The van der Waals surface area contributed by atoms with Crippen molar-refractivity contribution in [2.45, 2.75) is 145 Å². The summed E-state index contributed by atoms with van der Waals surface area (Å²) in [4.78, 5) is 0. The molecule has 0 radical (unpaired) electrons. The van der Waals surface area contributed by atoms with Crippen LogP contribution >= 0.6 is 0 Å². The highest BCUT2D eigenvalue weighted by Gasteiger charge is 2.54. The van der Waals surface area contributed by atoms with Crippen molar-refractivity contribution in [1.29, 1.82) is 0 Å². The van der Waals surface area contributed by atoms with Crippen LogP contribution in [0.1, 0.15) is 103 Å². The second-order valence-corrected chi connectivity index (χ2v) is 24.0. The van der Waals surface area contributed by atoms with Gasteiger partial charge in [-0.25, -0.2) is 21.1 Å². The summed E-state index contributed by atoms with van der Waals surface area (Å²) in [5.74, 6) is 0. The predicted molar refractivity (Wildman–Crippen MR) is 312 cm³/mol. The quantitative estimate of drug-likeness (QED) is 0.239. The summed E-state index contributed by atoms with van der Waals surface area (Å²) in [6.45, 7) is 5.34. The SMILES string of the molecule is C1=CCC2NN(N3C4CCCCC4=CCN3N3C4C=CCCC4=CCN3N3C4C=CCCC4=CCN3N3C4CC=CCC4=CCN3N3C4CCCCC4=CCN3N3C4=CCC=CC4=CCN3N3NCC=C4C=CC=CC43)C=CC2=C1. The van der Waals surface area contributed by atoms with Gasteiger partial charge in [-0.05, 0) is 129 Å². The van der Waals surface area contributed by atoms with E-state index in [4.69, 9.17) is 0 Å². The molecule has 0 amide bonds. The predicted octanol–water partition coefficient (Wildman–Crippen LogP) is 8.86. The van der Waals surface area contributed by atoms with Crippen molar-refractivity contribution in [1.82, 2.24) is 82.5 Å². The van der Waals surface area contributed by atoms with E-state index in [1.165, 1.54) is 64.8 Å². The Bertz CT molecular complexity index is 3030. The summed E-state index contributed by atoms with van der Waals surface area (Å²) in [5, 5.41) is 36.9. The van der Waals surface area contributed by atoms with E-state index >= 15 is 0 Å². The molecular formula is C64H80N16. The van der Waals surface area contributed by atoms with Crippen molar-refractivity contribution in [3.05, 3.63) is 202 Å². The van der Waals surface area contributed by atoms with E-state index in [1.807, 2.05) is 0 Å². The molecule has 0 bridgehead atoms. The smallest absolute Gasteiger partial charge is 0.0851 e. The van der Waals surface area contributed by atoms with Gasteiger partial charge in [-0.2, -0.15) is 0 Å². The van der Waals surface area contributed by atoms with Gasteiger partial charge in [0, 0.05) is 12.7 Å². The molecule has 0 aromatic heterocycles. The van der Waals surface area contributed by atoms with Crippen LogP contribution in [0.5, 0.6) is 0 Å². The van der Waals surface area contributed by atoms with Crippen molar-refractivity contribution in [2.75, 3.05) is 45.8 Å². The van der Waals surface area contributed by atoms with Crippen molar-refractivity contribution >= 4 is 0 Å². The van der Waals surface area contributed by atoms with Gasteiger partial charge in [-0.15, -0.1) is 61.4 Å². The fourth-order valence-electron chi connectivity index (χ4n) is 15.8. The number of hydrogen-bond donors (Lipinski definition) is 2. The average Bonchev–Trinajstić information content (AvgIpc) is 3.65. The van der Waals surface area contributed by atoms with Gasteiger partial charge >= 0.3 is 0 Å². The van der Waals surface area contributed by atoms with Gasteiger partial charge in [0.25, 0.3) is 0 Å². The van der Waals surface area contributed by atoms with E-state index in [9.17, 15) is 0 Å². The van der Waals surface area contributed by atoms with E-state index in [2.05, 4.69) is 235 Å². The van der Waals surface area contributed by atoms with Gasteiger partial charge in [0.15, 0.2) is 0 Å². The minimum atomic E-state index is 0.0312. The molecule has 2 fully saturated rings. The monoisotopic (exact) mass is 1070 g/mol. The molecule has 0 spiro atoms. The van der Waals surface area contributed by atoms with Gasteiger partial charge in [0.05, 0.1) is 87.3 Å². The molecule has 8 aliphatic heterocycles. The molecule has 7 unspecified atom stereocenters. The van der Waals surface area contributed by atoms with Crippen molar-refractivity contribution in [3.63, 3.8) is 0 Å². The highest BCUT2D eigenvalue weighted by atomic mass is 16.3. The molecule has 16 heteroatoms. The van der Waals surface area contributed by atoms with Crippen LogP contribution in [0.15, 0.2) is 202 Å². The molecule has 2 saturated carbocycles. The van der Waals surface area contributed by atoms with Crippen LogP contribution in [0.2, 0.25) is 0 Å². The van der Waals surface area contributed by atoms with Crippen LogP contribution < -0.4 is 10.9 Å². The lowest BCUT2D eigenvalue weighted by molar-refractivity contribution is -0.484. The first-order valence-corrected chi connectivity index (χ1v) is 30.8. The zero-order valence-corrected chi connectivity index (χ0v) is 46.5. The molecule has 80 heavy (non-hydrogen) atoms. The highest BCUT2D eigenvalue weighted by Crippen LogP contribution is 2.46. The largest absolute Gasteiger partial charge is 0.235 e. The zero-order valence-electron chi connectivity index (χ0n) is 46.5. The van der Waals surface area contributed by atoms with Gasteiger partial charge in [-0.3, -0.25) is 0 Å². The van der Waals surface area contributed by atoms with Crippen LogP contribution in [-0.4, -0.2) is 160 Å². The first kappa shape index (κ1) is 50.4. The van der Waals surface area contributed by atoms with Crippen LogP contribution in [-0.2, 0) is 0 Å². The normalized spacial score (nSPS) is 35.0. The zero-order chi connectivity index (χ0) is 52.7. The Morgan fingerprint density at radius 1 is 0.450 bits per heavy atom. The van der Waals surface area contributed by atoms with Gasteiger partial charge < -0.3 is 0 Å². The van der Waals surface area contributed by atoms with E-state index in [0.717, 1.165) is 123 Å². The number of hydrazine groups is 15. The Hall–Kier alpha value is -5.38. The summed E-state index contributed by atoms with van der Waals surface area (Å²) in [7, 11) is 0. The lowest BCUT2D eigenvalue weighted by Gasteiger charge is -2.65. The summed E-state index contributed by atoms with van der Waals surface area (Å²) in [6, 6.07) is 0.943. The standard InChI is InChI=1S/C64H80N16/c1-9-25-57-49(17-1)34-42-67(66-57)75-59-27-11-3-19-51(59)36-44-69(75)77-61-29-13-5-21-53(61)38-46-71(77)79-63-31-15-7-23-55(63)40-48-73(79)80-64-32-16-8-24-56(64)39-47-72(80)78-62-30-14-6-22-54(62)37-45-70(78)76-60-28-12-4-20-52(60)35-43-68(76)74-58-26-10-2-18-50(58)33-41-65-74/h1-2,4,8-10,13,15-18,20,26,28-29,31,33-40,42,57-59,61-66H,3,5-7,11-12,14,19,21-25,27,30,32,41,43-48H2. The number of nitrogens with zero attached hydrogens (tertiary/aromatic N) is 14. The maximum atomic E-state index is 4.07. The molecule has 2 N–H and O–H groups in total. The Labute approximate surface area is 473 Å². The van der Waals surface area contributed by atoms with Gasteiger partial charge in [0.2, 0.25) is 0 Å². The Balaban J connectivity index is 0.837. The molecule has 16 rings (SSSR count). The number of hydrogen-bond acceptors (Lipinski definition) is 16. The van der Waals surface area contributed by atoms with Crippen molar-refractivity contribution in [2.24, 2.45) is 0 Å². The number of nitrogens with one attached hydrogen (secondary N) is 2. The second-order valence-electron chi connectivity index (χ2n) is 24.0. The minimum Gasteiger partial charge on any atom is -0.235 e. The minimum absolute atomic E-state index is 0.0312. The van der Waals surface area contributed by atoms with E-state index in [-0.39, 0.29) is 42.3 Å². The molecular weight excluding hydrogens is 993 g/mol. The third-order valence-electron chi connectivity index (χ3n) is 19.6. The number of fused-ring (bicyclic) bond motifs is 8. The van der Waals surface area contributed by atoms with Crippen LogP contribution in [0, 0.1) is 0 Å². The second kappa shape index (κ2) is 21.4. The Kier molecular flexibility index (Phi) is 13.5. The van der Waals surface area contributed by atoms with Crippen LogP contribution in [0.25, 0.3) is 0 Å². The lowest BCUT2D eigenvalue weighted by Crippen LogP contribution is -2.81. The molecule has 416 valence electrons. The summed E-state index contributed by atoms with van der Waals surface area (Å²) in [5.41, 5.74) is 20.9. The van der Waals surface area contributed by atoms with E-state index in [1.54, 1.807) is 11.1 Å². The maximum Gasteiger partial charge on any atom is 0.0851 e. The average molecular weight is 1070 g/mol. The van der Waals surface area contributed by atoms with Crippen LogP contribution in [0.4, 0.5) is 0 Å². The third kappa shape index (κ3) is 8.64. The van der Waals surface area contributed by atoms with Gasteiger partial charge in [-0.1, -0.05) is 164 Å². The summed E-state index contributed by atoms with van der Waals surface area (Å²) in [6.07, 6.45) is 77.8. The molecule has 0 saturated heterocycles. The molecule has 0 aromatic carbocycles. The van der Waals surface area contributed by atoms with Crippen LogP contribution in [0.3, 0.4) is 0 Å². The molecule has 0 aromatic rings. The molecule has 16 aliphatic rings. The fourth-order valence-corrected chi connectivity index (χ4v) is 15.8. The number of allylic oxidation sites excluding steroid dienone is 10. The summed E-state index contributed by atoms with van der Waals surface area (Å²) >= 11 is 0. The fraction of sp³-hybridized carbons (Fsp3) is 0.469. The molecule has 7 atom stereocenters. The van der Waals surface area contributed by atoms with Crippen molar-refractivity contribution in [3.8, 4) is 0 Å². The molecule has 8 aliphatic carbocycles. The van der Waals surface area contributed by atoms with E-state index in [0.29, 0.717) is 0 Å². The topological polar surface area (TPSA) is 69.4 Å². The maximum absolute atomic E-state index is 4.07. The Morgan fingerprint density at radius 3 is 1.91 bits per heavy atom.